The number of urea groups is 1. The van der Waals surface area contributed by atoms with Gasteiger partial charge in [0.1, 0.15) is 0 Å². The molecule has 6 heteroatoms. The van der Waals surface area contributed by atoms with Crippen molar-refractivity contribution in [2.24, 2.45) is 0 Å². The van der Waals surface area contributed by atoms with Crippen LogP contribution in [0.15, 0.2) is 17.5 Å². The second kappa shape index (κ2) is 6.85. The topological polar surface area (TPSA) is 54.0 Å². The van der Waals surface area contributed by atoms with Gasteiger partial charge in [0, 0.05) is 33.3 Å². The first-order valence-electron chi connectivity index (χ1n) is 6.53. The number of rotatable bonds is 5. The molecular weight excluding hydrogens is 290 g/mol. The summed E-state index contributed by atoms with van der Waals surface area (Å²) < 4.78 is 0. The molecule has 1 unspecified atom stereocenters. The van der Waals surface area contributed by atoms with Crippen molar-refractivity contribution in [3.8, 4) is 0 Å². The highest BCUT2D eigenvalue weighted by atomic mass is 32.1. The fourth-order valence-corrected chi connectivity index (χ4v) is 3.43. The van der Waals surface area contributed by atoms with E-state index in [-0.39, 0.29) is 11.9 Å². The Morgan fingerprint density at radius 1 is 1.35 bits per heavy atom. The minimum absolute atomic E-state index is 0.129. The Balaban J connectivity index is 1.72. The molecule has 2 heterocycles. The Kier molecular flexibility index (Phi) is 5.14. The van der Waals surface area contributed by atoms with Crippen LogP contribution in [0.3, 0.4) is 0 Å². The van der Waals surface area contributed by atoms with E-state index in [9.17, 15) is 4.79 Å². The van der Waals surface area contributed by atoms with E-state index >= 15 is 0 Å². The molecule has 2 aromatic rings. The predicted molar refractivity (Wildman–Crippen MR) is 84.6 cm³/mol. The first-order valence-corrected chi connectivity index (χ1v) is 8.23. The van der Waals surface area contributed by atoms with E-state index in [2.05, 4.69) is 35.5 Å². The SMILES string of the molecule is Cc1csc(C(C)CNC(=O)NCc2ccc(C)s2)n1. The summed E-state index contributed by atoms with van der Waals surface area (Å²) in [6.45, 7) is 7.29. The monoisotopic (exact) mass is 309 g/mol. The molecule has 4 nitrogen and oxygen atoms in total. The van der Waals surface area contributed by atoms with E-state index in [0.29, 0.717) is 13.1 Å². The van der Waals surface area contributed by atoms with Gasteiger partial charge in [-0.25, -0.2) is 9.78 Å². The third-order valence-corrected chi connectivity index (χ3v) is 5.04. The van der Waals surface area contributed by atoms with E-state index in [1.807, 2.05) is 18.4 Å². The molecule has 108 valence electrons. The van der Waals surface area contributed by atoms with Crippen LogP contribution < -0.4 is 10.6 Å². The van der Waals surface area contributed by atoms with Gasteiger partial charge in [-0.15, -0.1) is 22.7 Å². The molecule has 0 fully saturated rings. The van der Waals surface area contributed by atoms with Crippen molar-refractivity contribution in [3.63, 3.8) is 0 Å². The van der Waals surface area contributed by atoms with E-state index in [4.69, 9.17) is 0 Å². The molecule has 20 heavy (non-hydrogen) atoms. The lowest BCUT2D eigenvalue weighted by atomic mass is 10.2. The largest absolute Gasteiger partial charge is 0.337 e. The zero-order valence-electron chi connectivity index (χ0n) is 11.9. The number of hydrogen-bond donors (Lipinski definition) is 2. The molecule has 0 aliphatic rings. The highest BCUT2D eigenvalue weighted by Gasteiger charge is 2.11. The van der Waals surface area contributed by atoms with Crippen LogP contribution in [0, 0.1) is 13.8 Å². The summed E-state index contributed by atoms with van der Waals surface area (Å²) in [6.07, 6.45) is 0. The summed E-state index contributed by atoms with van der Waals surface area (Å²) in [5.41, 5.74) is 1.04. The Labute approximate surface area is 127 Å². The zero-order valence-corrected chi connectivity index (χ0v) is 13.5. The lowest BCUT2D eigenvalue weighted by molar-refractivity contribution is 0.240. The normalized spacial score (nSPS) is 12.2. The van der Waals surface area contributed by atoms with Crippen LogP contribution in [0.2, 0.25) is 0 Å². The number of aryl methyl sites for hydroxylation is 2. The van der Waals surface area contributed by atoms with E-state index < -0.39 is 0 Å². The van der Waals surface area contributed by atoms with Gasteiger partial charge in [0.25, 0.3) is 0 Å². The summed E-state index contributed by atoms with van der Waals surface area (Å²) in [7, 11) is 0. The van der Waals surface area contributed by atoms with Crippen molar-refractivity contribution in [3.05, 3.63) is 38.0 Å². The second-order valence-corrected chi connectivity index (χ2v) is 7.07. The quantitative estimate of drug-likeness (QED) is 0.889. The predicted octanol–water partition coefficient (Wildman–Crippen LogP) is 3.42. The standard InChI is InChI=1S/C14H19N3OS2/c1-9(13-17-10(2)8-19-13)6-15-14(18)16-7-12-5-4-11(3)20-12/h4-5,8-9H,6-7H2,1-3H3,(H2,15,16,18). The molecule has 0 radical (unpaired) electrons. The molecule has 2 rings (SSSR count). The lowest BCUT2D eigenvalue weighted by Gasteiger charge is -2.10. The van der Waals surface area contributed by atoms with Crippen LogP contribution in [0.1, 0.15) is 33.3 Å². The molecule has 1 atom stereocenters. The van der Waals surface area contributed by atoms with Crippen LogP contribution in [0.5, 0.6) is 0 Å². The average Bonchev–Trinajstić information content (AvgIpc) is 3.02. The summed E-state index contributed by atoms with van der Waals surface area (Å²) in [5, 5.41) is 8.86. The van der Waals surface area contributed by atoms with Gasteiger partial charge in [-0.3, -0.25) is 0 Å². The summed E-state index contributed by atoms with van der Waals surface area (Å²) in [5.74, 6) is 0.239. The van der Waals surface area contributed by atoms with Crippen molar-refractivity contribution < 1.29 is 4.79 Å². The van der Waals surface area contributed by atoms with E-state index in [0.717, 1.165) is 10.7 Å². The second-order valence-electron chi connectivity index (χ2n) is 4.80. The zero-order chi connectivity index (χ0) is 14.5. The molecule has 0 saturated carbocycles. The van der Waals surface area contributed by atoms with Gasteiger partial charge >= 0.3 is 6.03 Å². The van der Waals surface area contributed by atoms with E-state index in [1.54, 1.807) is 22.7 Å². The number of thiazole rings is 1. The first kappa shape index (κ1) is 15.0. The van der Waals surface area contributed by atoms with Gasteiger partial charge in [-0.1, -0.05) is 6.92 Å². The van der Waals surface area contributed by atoms with Gasteiger partial charge in [-0.05, 0) is 26.0 Å². The molecule has 0 spiro atoms. The van der Waals surface area contributed by atoms with Crippen molar-refractivity contribution >= 4 is 28.7 Å². The van der Waals surface area contributed by atoms with E-state index in [1.165, 1.54) is 9.75 Å². The van der Waals surface area contributed by atoms with Crippen LogP contribution in [-0.2, 0) is 6.54 Å². The number of hydrogen-bond acceptors (Lipinski definition) is 4. The first-order chi connectivity index (χ1) is 9.54. The number of carbonyl (C=O) groups is 1. The fourth-order valence-electron chi connectivity index (χ4n) is 1.74. The number of aromatic nitrogens is 1. The minimum Gasteiger partial charge on any atom is -0.337 e. The van der Waals surface area contributed by atoms with Gasteiger partial charge in [0.2, 0.25) is 0 Å². The maximum Gasteiger partial charge on any atom is 0.315 e. The molecule has 2 aromatic heterocycles. The molecular formula is C14H19N3OS2. The third-order valence-electron chi connectivity index (χ3n) is 2.85. The van der Waals surface area contributed by atoms with Gasteiger partial charge in [0.05, 0.1) is 11.6 Å². The maximum atomic E-state index is 11.7. The summed E-state index contributed by atoms with van der Waals surface area (Å²) in [6, 6.07) is 3.98. The van der Waals surface area contributed by atoms with Crippen LogP contribution >= 0.6 is 22.7 Å². The van der Waals surface area contributed by atoms with Crippen molar-refractivity contribution in [1.82, 2.24) is 15.6 Å². The van der Waals surface area contributed by atoms with Crippen molar-refractivity contribution in [2.45, 2.75) is 33.2 Å². The smallest absolute Gasteiger partial charge is 0.315 e. The molecule has 0 aliphatic carbocycles. The number of nitrogens with zero attached hydrogens (tertiary/aromatic N) is 1. The van der Waals surface area contributed by atoms with Crippen LogP contribution in [0.4, 0.5) is 4.79 Å². The molecule has 2 amide bonds. The Morgan fingerprint density at radius 3 is 2.75 bits per heavy atom. The summed E-state index contributed by atoms with van der Waals surface area (Å²) >= 11 is 3.34. The Morgan fingerprint density at radius 2 is 2.15 bits per heavy atom. The maximum absolute atomic E-state index is 11.7. The molecule has 0 saturated heterocycles. The molecule has 2 N–H and O–H groups in total. The van der Waals surface area contributed by atoms with Crippen molar-refractivity contribution in [2.75, 3.05) is 6.54 Å². The average molecular weight is 309 g/mol. The van der Waals surface area contributed by atoms with Gasteiger partial charge < -0.3 is 10.6 Å². The van der Waals surface area contributed by atoms with Crippen molar-refractivity contribution in [1.29, 1.82) is 0 Å². The number of thiophene rings is 1. The number of amides is 2. The number of nitrogens with one attached hydrogen (secondary N) is 2. The minimum atomic E-state index is -0.129. The highest BCUT2D eigenvalue weighted by molar-refractivity contribution is 7.11. The Hall–Kier alpha value is -1.40. The van der Waals surface area contributed by atoms with Gasteiger partial charge in [-0.2, -0.15) is 0 Å². The Bertz CT molecular complexity index is 576. The van der Waals surface area contributed by atoms with Crippen LogP contribution in [0.25, 0.3) is 0 Å². The highest BCUT2D eigenvalue weighted by Crippen LogP contribution is 2.18. The lowest BCUT2D eigenvalue weighted by Crippen LogP contribution is -2.36. The third kappa shape index (κ3) is 4.31. The molecule has 0 bridgehead atoms. The molecule has 0 aliphatic heterocycles. The van der Waals surface area contributed by atoms with Gasteiger partial charge in [0.15, 0.2) is 0 Å². The summed E-state index contributed by atoms with van der Waals surface area (Å²) in [4.78, 5) is 18.6. The molecule has 0 aromatic carbocycles. The fraction of sp³-hybridized carbons (Fsp3) is 0.429. The number of carbonyl (C=O) groups excluding carboxylic acids is 1. The van der Waals surface area contributed by atoms with Crippen LogP contribution in [-0.4, -0.2) is 17.6 Å².